The van der Waals surface area contributed by atoms with Crippen molar-refractivity contribution >= 4 is 17.6 Å². The molecule has 1 aromatic rings. The van der Waals surface area contributed by atoms with E-state index in [0.29, 0.717) is 10.6 Å². The summed E-state index contributed by atoms with van der Waals surface area (Å²) in [6.45, 7) is 1.61. The van der Waals surface area contributed by atoms with Gasteiger partial charge in [0.05, 0.1) is 6.42 Å². The molecule has 3 nitrogen and oxygen atoms in total. The van der Waals surface area contributed by atoms with Crippen LogP contribution in [0.25, 0.3) is 0 Å². The summed E-state index contributed by atoms with van der Waals surface area (Å²) < 4.78 is 13.4. The maximum absolute atomic E-state index is 13.4. The topological polar surface area (TPSA) is 63.3 Å². The first kappa shape index (κ1) is 11.9. The molecule has 0 saturated heterocycles. The van der Waals surface area contributed by atoms with E-state index < -0.39 is 17.8 Å². The van der Waals surface area contributed by atoms with Crippen molar-refractivity contribution in [2.45, 2.75) is 19.4 Å². The third-order valence-electron chi connectivity index (χ3n) is 2.16. The Labute approximate surface area is 91.7 Å². The third-order valence-corrected chi connectivity index (χ3v) is 2.57. The molecule has 0 radical (unpaired) electrons. The normalized spacial score (nSPS) is 12.5. The van der Waals surface area contributed by atoms with Gasteiger partial charge in [0.2, 0.25) is 0 Å². The van der Waals surface area contributed by atoms with E-state index in [1.165, 1.54) is 12.1 Å². The van der Waals surface area contributed by atoms with Crippen molar-refractivity contribution in [2.24, 2.45) is 5.73 Å². The number of nitrogens with two attached hydrogens (primary N) is 1. The number of carboxylic acids is 1. The van der Waals surface area contributed by atoms with Gasteiger partial charge in [-0.1, -0.05) is 11.6 Å². The zero-order chi connectivity index (χ0) is 11.6. The van der Waals surface area contributed by atoms with Crippen molar-refractivity contribution in [3.8, 4) is 0 Å². The van der Waals surface area contributed by atoms with Gasteiger partial charge in [-0.3, -0.25) is 4.79 Å². The molecule has 1 rings (SSSR count). The number of benzene rings is 1. The summed E-state index contributed by atoms with van der Waals surface area (Å²) >= 11 is 5.80. The van der Waals surface area contributed by atoms with Gasteiger partial charge < -0.3 is 10.8 Å². The van der Waals surface area contributed by atoms with Crippen LogP contribution in [-0.2, 0) is 4.79 Å². The lowest BCUT2D eigenvalue weighted by molar-refractivity contribution is -0.137. The second kappa shape index (κ2) is 4.59. The lowest BCUT2D eigenvalue weighted by Gasteiger charge is -2.14. The monoisotopic (exact) mass is 231 g/mol. The minimum absolute atomic E-state index is 0.171. The Morgan fingerprint density at radius 1 is 1.67 bits per heavy atom. The predicted octanol–water partition coefficient (Wildman–Crippen LogP) is 2.26. The largest absolute Gasteiger partial charge is 0.481 e. The maximum Gasteiger partial charge on any atom is 0.305 e. The van der Waals surface area contributed by atoms with E-state index in [-0.39, 0.29) is 12.0 Å². The second-order valence-electron chi connectivity index (χ2n) is 3.27. The Morgan fingerprint density at radius 2 is 2.27 bits per heavy atom. The van der Waals surface area contributed by atoms with Gasteiger partial charge in [-0.15, -0.1) is 0 Å². The number of carboxylic acid groups (broad SMARTS) is 1. The van der Waals surface area contributed by atoms with E-state index in [2.05, 4.69) is 0 Å². The zero-order valence-corrected chi connectivity index (χ0v) is 8.88. The molecule has 1 atom stereocenters. The Kier molecular flexibility index (Phi) is 3.66. The molecule has 0 aliphatic rings. The molecular formula is C10H11ClFNO2. The number of rotatable bonds is 3. The molecule has 0 heterocycles. The molecule has 15 heavy (non-hydrogen) atoms. The fourth-order valence-corrected chi connectivity index (χ4v) is 1.58. The van der Waals surface area contributed by atoms with Crippen molar-refractivity contribution in [1.29, 1.82) is 0 Å². The van der Waals surface area contributed by atoms with Crippen molar-refractivity contribution in [1.82, 2.24) is 0 Å². The Balaban J connectivity index is 3.12. The molecule has 0 bridgehead atoms. The van der Waals surface area contributed by atoms with Crippen LogP contribution in [0.15, 0.2) is 12.1 Å². The minimum Gasteiger partial charge on any atom is -0.481 e. The Hall–Kier alpha value is -1.13. The smallest absolute Gasteiger partial charge is 0.305 e. The number of hydrogen-bond donors (Lipinski definition) is 2. The first-order chi connectivity index (χ1) is 6.93. The zero-order valence-electron chi connectivity index (χ0n) is 8.13. The first-order valence-corrected chi connectivity index (χ1v) is 4.73. The molecule has 3 N–H and O–H groups in total. The summed E-state index contributed by atoms with van der Waals surface area (Å²) in [5, 5.41) is 8.94. The van der Waals surface area contributed by atoms with Gasteiger partial charge in [0, 0.05) is 16.6 Å². The van der Waals surface area contributed by atoms with Crippen LogP contribution in [0.3, 0.4) is 0 Å². The van der Waals surface area contributed by atoms with Crippen LogP contribution in [0.2, 0.25) is 5.02 Å². The van der Waals surface area contributed by atoms with Gasteiger partial charge in [0.1, 0.15) is 5.82 Å². The molecule has 82 valence electrons. The molecule has 0 spiro atoms. The Morgan fingerprint density at radius 3 is 2.80 bits per heavy atom. The van der Waals surface area contributed by atoms with Crippen LogP contribution >= 0.6 is 11.6 Å². The number of carbonyl (C=O) groups is 1. The molecular weight excluding hydrogens is 221 g/mol. The predicted molar refractivity (Wildman–Crippen MR) is 55.3 cm³/mol. The summed E-state index contributed by atoms with van der Waals surface area (Å²) in [5.41, 5.74) is 6.25. The number of aliphatic carboxylic acids is 1. The molecule has 1 aromatic carbocycles. The van der Waals surface area contributed by atoms with Crippen molar-refractivity contribution in [2.75, 3.05) is 0 Å². The van der Waals surface area contributed by atoms with Crippen LogP contribution in [0.4, 0.5) is 4.39 Å². The standard InChI is InChI=1S/C10H11ClFNO2/c1-5-6(11)2-3-7(12)10(5)8(13)4-9(14)15/h2-3,8H,4,13H2,1H3,(H,14,15). The fraction of sp³-hybridized carbons (Fsp3) is 0.300. The quantitative estimate of drug-likeness (QED) is 0.839. The van der Waals surface area contributed by atoms with Crippen molar-refractivity contribution < 1.29 is 14.3 Å². The van der Waals surface area contributed by atoms with Crippen LogP contribution in [-0.4, -0.2) is 11.1 Å². The summed E-state index contributed by atoms with van der Waals surface area (Å²) in [6.07, 6.45) is -0.321. The van der Waals surface area contributed by atoms with Gasteiger partial charge in [-0.05, 0) is 24.6 Å². The summed E-state index contributed by atoms with van der Waals surface area (Å²) in [4.78, 5) is 10.5. The molecule has 0 fully saturated rings. The van der Waals surface area contributed by atoms with E-state index in [9.17, 15) is 9.18 Å². The number of halogens is 2. The van der Waals surface area contributed by atoms with Gasteiger partial charge in [0.25, 0.3) is 0 Å². The van der Waals surface area contributed by atoms with Crippen LogP contribution in [0.5, 0.6) is 0 Å². The Bertz CT molecular complexity index is 395. The van der Waals surface area contributed by atoms with Gasteiger partial charge in [-0.2, -0.15) is 0 Å². The van der Waals surface area contributed by atoms with E-state index in [1.54, 1.807) is 6.92 Å². The fourth-order valence-electron chi connectivity index (χ4n) is 1.41. The van der Waals surface area contributed by atoms with Crippen molar-refractivity contribution in [3.63, 3.8) is 0 Å². The molecule has 0 amide bonds. The van der Waals surface area contributed by atoms with E-state index in [0.717, 1.165) is 0 Å². The van der Waals surface area contributed by atoms with E-state index in [4.69, 9.17) is 22.4 Å². The highest BCUT2D eigenvalue weighted by atomic mass is 35.5. The third kappa shape index (κ3) is 2.67. The van der Waals surface area contributed by atoms with Gasteiger partial charge in [0.15, 0.2) is 0 Å². The average molecular weight is 232 g/mol. The molecule has 0 aliphatic carbocycles. The molecule has 0 aromatic heterocycles. The minimum atomic E-state index is -1.07. The highest BCUT2D eigenvalue weighted by molar-refractivity contribution is 6.31. The lowest BCUT2D eigenvalue weighted by Crippen LogP contribution is -2.17. The summed E-state index contributed by atoms with van der Waals surface area (Å²) in [5.74, 6) is -1.59. The highest BCUT2D eigenvalue weighted by Gasteiger charge is 2.18. The van der Waals surface area contributed by atoms with Gasteiger partial charge >= 0.3 is 5.97 Å². The van der Waals surface area contributed by atoms with E-state index in [1.807, 2.05) is 0 Å². The van der Waals surface area contributed by atoms with Crippen LogP contribution < -0.4 is 5.73 Å². The lowest BCUT2D eigenvalue weighted by atomic mass is 9.99. The highest BCUT2D eigenvalue weighted by Crippen LogP contribution is 2.27. The molecule has 0 saturated carbocycles. The van der Waals surface area contributed by atoms with Crippen LogP contribution in [0.1, 0.15) is 23.6 Å². The molecule has 5 heteroatoms. The second-order valence-corrected chi connectivity index (χ2v) is 3.68. The SMILES string of the molecule is Cc1c(Cl)ccc(F)c1C(N)CC(=O)O. The van der Waals surface area contributed by atoms with Crippen molar-refractivity contribution in [3.05, 3.63) is 34.1 Å². The van der Waals surface area contributed by atoms with Crippen LogP contribution in [0, 0.1) is 12.7 Å². The van der Waals surface area contributed by atoms with E-state index >= 15 is 0 Å². The molecule has 0 aliphatic heterocycles. The summed E-state index contributed by atoms with van der Waals surface area (Å²) in [7, 11) is 0. The average Bonchev–Trinajstić information content (AvgIpc) is 2.11. The molecule has 1 unspecified atom stereocenters. The summed E-state index contributed by atoms with van der Waals surface area (Å²) in [6, 6.07) is 1.73. The first-order valence-electron chi connectivity index (χ1n) is 4.35. The maximum atomic E-state index is 13.4. The van der Waals surface area contributed by atoms with Gasteiger partial charge in [-0.25, -0.2) is 4.39 Å². The number of hydrogen-bond acceptors (Lipinski definition) is 2.